The number of anilines is 1. The Balaban J connectivity index is 2.37. The molecule has 3 nitrogen and oxygen atoms in total. The van der Waals surface area contributed by atoms with Crippen molar-refractivity contribution >= 4 is 55.5 Å². The van der Waals surface area contributed by atoms with Crippen LogP contribution < -0.4 is 11.1 Å². The van der Waals surface area contributed by atoms with Gasteiger partial charge in [0.05, 0.1) is 11.4 Å². The quantitative estimate of drug-likeness (QED) is 0.853. The molecule has 92 valence electrons. The van der Waals surface area contributed by atoms with Crippen LogP contribution in [0.1, 0.15) is 6.42 Å². The van der Waals surface area contributed by atoms with Crippen LogP contribution in [-0.4, -0.2) is 10.9 Å². The highest BCUT2D eigenvalue weighted by Crippen LogP contribution is 2.29. The largest absolute Gasteiger partial charge is 0.393 e. The Morgan fingerprint density at radius 1 is 1.22 bits per heavy atom. The van der Waals surface area contributed by atoms with E-state index in [2.05, 4.69) is 21.2 Å². The molecule has 0 atom stereocenters. The molecular weight excluding hydrogens is 312 g/mol. The summed E-state index contributed by atoms with van der Waals surface area (Å²) in [4.78, 5) is 11.8. The predicted octanol–water partition coefficient (Wildman–Crippen LogP) is 3.22. The van der Waals surface area contributed by atoms with E-state index in [0.717, 1.165) is 20.9 Å². The van der Waals surface area contributed by atoms with Gasteiger partial charge >= 0.3 is 0 Å². The summed E-state index contributed by atoms with van der Waals surface area (Å²) >= 11 is 8.20. The number of hydrogen-bond donors (Lipinski definition) is 2. The molecule has 0 saturated carbocycles. The van der Waals surface area contributed by atoms with Crippen molar-refractivity contribution in [1.29, 1.82) is 0 Å². The maximum absolute atomic E-state index is 11.7. The van der Waals surface area contributed by atoms with Crippen molar-refractivity contribution in [2.75, 3.05) is 5.32 Å². The Morgan fingerprint density at radius 3 is 2.56 bits per heavy atom. The number of fused-ring (bicyclic) bond motifs is 1. The second kappa shape index (κ2) is 5.46. The number of halogens is 1. The molecule has 0 aliphatic rings. The molecule has 2 aromatic rings. The van der Waals surface area contributed by atoms with Crippen molar-refractivity contribution in [3.8, 4) is 0 Å². The van der Waals surface area contributed by atoms with Crippen molar-refractivity contribution < 1.29 is 4.79 Å². The first-order valence-electron chi connectivity index (χ1n) is 5.33. The number of carbonyl (C=O) groups is 1. The normalized spacial score (nSPS) is 10.3. The minimum Gasteiger partial charge on any atom is -0.393 e. The molecule has 0 aliphatic carbocycles. The first-order chi connectivity index (χ1) is 8.58. The van der Waals surface area contributed by atoms with Gasteiger partial charge in [0.2, 0.25) is 5.91 Å². The Morgan fingerprint density at radius 2 is 1.89 bits per heavy atom. The summed E-state index contributed by atoms with van der Waals surface area (Å²) in [5.41, 5.74) is 6.11. The summed E-state index contributed by atoms with van der Waals surface area (Å²) in [5.74, 6) is -0.199. The average molecular weight is 323 g/mol. The fraction of sp³-hybridized carbons (Fsp3) is 0.0769. The number of benzene rings is 2. The third kappa shape index (κ3) is 2.86. The molecule has 0 bridgehead atoms. The Labute approximate surface area is 118 Å². The van der Waals surface area contributed by atoms with Crippen LogP contribution in [0.15, 0.2) is 40.9 Å². The van der Waals surface area contributed by atoms with Gasteiger partial charge in [0.15, 0.2) is 0 Å². The minimum atomic E-state index is -0.199. The summed E-state index contributed by atoms with van der Waals surface area (Å²) in [7, 11) is 0. The zero-order valence-electron chi connectivity index (χ0n) is 9.44. The van der Waals surface area contributed by atoms with Gasteiger partial charge in [0, 0.05) is 15.5 Å². The van der Waals surface area contributed by atoms with Gasteiger partial charge in [-0.25, -0.2) is 0 Å². The summed E-state index contributed by atoms with van der Waals surface area (Å²) in [6, 6.07) is 11.6. The Bertz CT molecular complexity index is 627. The lowest BCUT2D eigenvalue weighted by Crippen LogP contribution is -2.20. The van der Waals surface area contributed by atoms with E-state index in [1.54, 1.807) is 0 Å². The molecule has 0 fully saturated rings. The summed E-state index contributed by atoms with van der Waals surface area (Å²) in [6.45, 7) is 0. The number of nitrogens with two attached hydrogens (primary N) is 1. The van der Waals surface area contributed by atoms with E-state index in [1.165, 1.54) is 0 Å². The van der Waals surface area contributed by atoms with Crippen LogP contribution in [-0.2, 0) is 4.79 Å². The lowest BCUT2D eigenvalue weighted by Gasteiger charge is -2.09. The van der Waals surface area contributed by atoms with Gasteiger partial charge in [-0.3, -0.25) is 4.79 Å². The van der Waals surface area contributed by atoms with Crippen molar-refractivity contribution in [2.24, 2.45) is 5.73 Å². The van der Waals surface area contributed by atoms with Crippen LogP contribution in [0.2, 0.25) is 0 Å². The van der Waals surface area contributed by atoms with Gasteiger partial charge in [0.25, 0.3) is 0 Å². The SMILES string of the molecule is NC(=S)CC(=O)Nc1ccc(Br)c2ccccc12. The minimum absolute atomic E-state index is 0.0553. The molecule has 1 amide bonds. The first-order valence-corrected chi connectivity index (χ1v) is 6.53. The maximum Gasteiger partial charge on any atom is 0.231 e. The predicted molar refractivity (Wildman–Crippen MR) is 81.7 cm³/mol. The molecule has 0 unspecified atom stereocenters. The molecule has 3 N–H and O–H groups in total. The van der Waals surface area contributed by atoms with E-state index < -0.39 is 0 Å². The van der Waals surface area contributed by atoms with E-state index in [0.29, 0.717) is 0 Å². The molecule has 2 aromatic carbocycles. The Hall–Kier alpha value is -1.46. The Kier molecular flexibility index (Phi) is 3.93. The summed E-state index contributed by atoms with van der Waals surface area (Å²) in [6.07, 6.45) is 0.0553. The lowest BCUT2D eigenvalue weighted by atomic mass is 10.1. The van der Waals surface area contributed by atoms with E-state index in [1.807, 2.05) is 36.4 Å². The van der Waals surface area contributed by atoms with Crippen molar-refractivity contribution in [3.63, 3.8) is 0 Å². The van der Waals surface area contributed by atoms with Crippen LogP contribution in [0.25, 0.3) is 10.8 Å². The van der Waals surface area contributed by atoms with Gasteiger partial charge in [-0.2, -0.15) is 0 Å². The fourth-order valence-corrected chi connectivity index (χ4v) is 2.33. The van der Waals surface area contributed by atoms with E-state index in [9.17, 15) is 4.79 Å². The molecule has 0 heterocycles. The molecule has 2 rings (SSSR count). The second-order valence-electron chi connectivity index (χ2n) is 3.83. The number of thiocarbonyl (C=S) groups is 1. The zero-order valence-corrected chi connectivity index (χ0v) is 11.8. The van der Waals surface area contributed by atoms with Crippen LogP contribution in [0, 0.1) is 0 Å². The monoisotopic (exact) mass is 322 g/mol. The highest BCUT2D eigenvalue weighted by atomic mass is 79.9. The molecule has 0 radical (unpaired) electrons. The van der Waals surface area contributed by atoms with Gasteiger partial charge in [-0.1, -0.05) is 52.4 Å². The lowest BCUT2D eigenvalue weighted by molar-refractivity contribution is -0.115. The van der Waals surface area contributed by atoms with Crippen LogP contribution >= 0.6 is 28.1 Å². The molecule has 0 spiro atoms. The fourth-order valence-electron chi connectivity index (χ4n) is 1.72. The van der Waals surface area contributed by atoms with Crippen molar-refractivity contribution in [2.45, 2.75) is 6.42 Å². The number of hydrogen-bond acceptors (Lipinski definition) is 2. The molecular formula is C13H11BrN2OS. The summed E-state index contributed by atoms with van der Waals surface area (Å²) < 4.78 is 0.991. The number of rotatable bonds is 3. The second-order valence-corrected chi connectivity index (χ2v) is 5.21. The third-order valence-corrected chi connectivity index (χ3v) is 3.32. The average Bonchev–Trinajstić information content (AvgIpc) is 2.32. The molecule has 0 aliphatic heterocycles. The molecule has 0 aromatic heterocycles. The number of amides is 1. The van der Waals surface area contributed by atoms with Crippen LogP contribution in [0.4, 0.5) is 5.69 Å². The van der Waals surface area contributed by atoms with Gasteiger partial charge in [-0.15, -0.1) is 0 Å². The first kappa shape index (κ1) is 13.0. The van der Waals surface area contributed by atoms with Gasteiger partial charge < -0.3 is 11.1 Å². The van der Waals surface area contributed by atoms with E-state index in [-0.39, 0.29) is 17.3 Å². The third-order valence-electron chi connectivity index (χ3n) is 2.48. The van der Waals surface area contributed by atoms with Crippen molar-refractivity contribution in [1.82, 2.24) is 0 Å². The van der Waals surface area contributed by atoms with Gasteiger partial charge in [0.1, 0.15) is 0 Å². The molecule has 18 heavy (non-hydrogen) atoms. The standard InChI is InChI=1S/C13H11BrN2OS/c14-10-5-6-11(16-13(17)7-12(15)18)9-4-2-1-3-8(9)10/h1-6H,7H2,(H2,15,18)(H,16,17). The molecule has 5 heteroatoms. The van der Waals surface area contributed by atoms with Crippen LogP contribution in [0.3, 0.4) is 0 Å². The topological polar surface area (TPSA) is 55.1 Å². The highest BCUT2D eigenvalue weighted by Gasteiger charge is 2.08. The number of nitrogens with one attached hydrogen (secondary N) is 1. The summed E-state index contributed by atoms with van der Waals surface area (Å²) in [5, 5.41) is 4.84. The smallest absolute Gasteiger partial charge is 0.231 e. The zero-order chi connectivity index (χ0) is 13.1. The highest BCUT2D eigenvalue weighted by molar-refractivity contribution is 9.10. The molecule has 0 saturated heterocycles. The number of carbonyl (C=O) groups excluding carboxylic acids is 1. The van der Waals surface area contributed by atoms with E-state index >= 15 is 0 Å². The maximum atomic E-state index is 11.7. The van der Waals surface area contributed by atoms with Crippen molar-refractivity contribution in [3.05, 3.63) is 40.9 Å². The van der Waals surface area contributed by atoms with Crippen LogP contribution in [0.5, 0.6) is 0 Å². The van der Waals surface area contributed by atoms with E-state index in [4.69, 9.17) is 18.0 Å². The van der Waals surface area contributed by atoms with Gasteiger partial charge in [-0.05, 0) is 17.5 Å².